The predicted molar refractivity (Wildman–Crippen MR) is 63.7 cm³/mol. The van der Waals surface area contributed by atoms with Gasteiger partial charge in [-0.3, -0.25) is 0 Å². The summed E-state index contributed by atoms with van der Waals surface area (Å²) in [6.07, 6.45) is 2.08. The van der Waals surface area contributed by atoms with Crippen molar-refractivity contribution in [1.29, 1.82) is 0 Å². The first-order valence-corrected chi connectivity index (χ1v) is 5.52. The van der Waals surface area contributed by atoms with Gasteiger partial charge in [0.1, 0.15) is 12.4 Å². The minimum Gasteiger partial charge on any atom is -0.491 e. The van der Waals surface area contributed by atoms with Crippen molar-refractivity contribution in [3.8, 4) is 5.75 Å². The van der Waals surface area contributed by atoms with Crippen molar-refractivity contribution in [2.75, 3.05) is 6.67 Å². The second-order valence-electron chi connectivity index (χ2n) is 4.09. The minimum atomic E-state index is -0.339. The molecule has 0 atom stereocenters. The topological polar surface area (TPSA) is 14.2 Å². The normalized spacial score (nSPS) is 11.2. The summed E-state index contributed by atoms with van der Waals surface area (Å²) in [7, 11) is 0. The number of hydrogen-bond acceptors (Lipinski definition) is 1. The van der Waals surface area contributed by atoms with Crippen LogP contribution in [0, 0.1) is 0 Å². The Kier molecular flexibility index (Phi) is 3.13. The first-order valence-electron chi connectivity index (χ1n) is 5.52. The van der Waals surface area contributed by atoms with Crippen molar-refractivity contribution in [3.63, 3.8) is 0 Å². The molecular formula is C13H16FNO. The Morgan fingerprint density at radius 1 is 1.31 bits per heavy atom. The first kappa shape index (κ1) is 11.0. The molecule has 3 heteroatoms. The van der Waals surface area contributed by atoms with E-state index in [1.165, 1.54) is 0 Å². The second-order valence-corrected chi connectivity index (χ2v) is 4.09. The summed E-state index contributed by atoms with van der Waals surface area (Å²) in [4.78, 5) is 0. The SMILES string of the molecule is CC(C)Oc1ccc2c(ccn2CCF)c1. The van der Waals surface area contributed by atoms with E-state index >= 15 is 0 Å². The molecular weight excluding hydrogens is 205 g/mol. The molecule has 0 N–H and O–H groups in total. The van der Waals surface area contributed by atoms with Crippen LogP contribution < -0.4 is 4.74 Å². The molecule has 0 spiro atoms. The zero-order valence-electron chi connectivity index (χ0n) is 9.61. The third-order valence-electron chi connectivity index (χ3n) is 2.44. The zero-order chi connectivity index (χ0) is 11.5. The summed E-state index contributed by atoms with van der Waals surface area (Å²) in [5, 5.41) is 1.09. The molecule has 2 aromatic rings. The van der Waals surface area contributed by atoms with E-state index < -0.39 is 0 Å². The summed E-state index contributed by atoms with van der Waals surface area (Å²) in [6.45, 7) is 4.07. The van der Waals surface area contributed by atoms with Crippen molar-refractivity contribution in [2.45, 2.75) is 26.5 Å². The Bertz CT molecular complexity index is 476. The van der Waals surface area contributed by atoms with E-state index in [2.05, 4.69) is 0 Å². The fourth-order valence-electron chi connectivity index (χ4n) is 1.81. The summed E-state index contributed by atoms with van der Waals surface area (Å²) < 4.78 is 19.8. The number of nitrogens with zero attached hydrogens (tertiary/aromatic N) is 1. The highest BCUT2D eigenvalue weighted by atomic mass is 19.1. The van der Waals surface area contributed by atoms with E-state index in [0.29, 0.717) is 6.54 Å². The second kappa shape index (κ2) is 4.56. The summed E-state index contributed by atoms with van der Waals surface area (Å²) in [6, 6.07) is 7.88. The summed E-state index contributed by atoms with van der Waals surface area (Å²) in [5.74, 6) is 0.862. The number of aryl methyl sites for hydroxylation is 1. The Morgan fingerprint density at radius 3 is 2.81 bits per heavy atom. The smallest absolute Gasteiger partial charge is 0.120 e. The average Bonchev–Trinajstić information content (AvgIpc) is 2.61. The molecule has 86 valence electrons. The number of fused-ring (bicyclic) bond motifs is 1. The molecule has 0 aliphatic heterocycles. The van der Waals surface area contributed by atoms with Crippen molar-refractivity contribution >= 4 is 10.9 Å². The molecule has 1 heterocycles. The maximum Gasteiger partial charge on any atom is 0.120 e. The van der Waals surface area contributed by atoms with E-state index in [0.717, 1.165) is 16.7 Å². The zero-order valence-corrected chi connectivity index (χ0v) is 9.61. The Labute approximate surface area is 94.6 Å². The van der Waals surface area contributed by atoms with E-state index in [-0.39, 0.29) is 12.8 Å². The van der Waals surface area contributed by atoms with E-state index in [4.69, 9.17) is 4.74 Å². The highest BCUT2D eigenvalue weighted by Crippen LogP contribution is 2.22. The minimum absolute atomic E-state index is 0.172. The van der Waals surface area contributed by atoms with Crippen molar-refractivity contribution in [2.24, 2.45) is 0 Å². The van der Waals surface area contributed by atoms with Gasteiger partial charge in [-0.15, -0.1) is 0 Å². The quantitative estimate of drug-likeness (QED) is 0.771. The van der Waals surface area contributed by atoms with Gasteiger partial charge in [0.05, 0.1) is 12.6 Å². The largest absolute Gasteiger partial charge is 0.491 e. The third kappa shape index (κ3) is 2.18. The van der Waals surface area contributed by atoms with Gasteiger partial charge in [0, 0.05) is 17.1 Å². The summed E-state index contributed by atoms with van der Waals surface area (Å²) in [5.41, 5.74) is 1.05. The van der Waals surface area contributed by atoms with Crippen LogP contribution >= 0.6 is 0 Å². The van der Waals surface area contributed by atoms with Crippen molar-refractivity contribution < 1.29 is 9.13 Å². The lowest BCUT2D eigenvalue weighted by molar-refractivity contribution is 0.243. The molecule has 16 heavy (non-hydrogen) atoms. The summed E-state index contributed by atoms with van der Waals surface area (Å²) >= 11 is 0. The van der Waals surface area contributed by atoms with Gasteiger partial charge in [0.25, 0.3) is 0 Å². The van der Waals surface area contributed by atoms with Gasteiger partial charge >= 0.3 is 0 Å². The number of ether oxygens (including phenoxy) is 1. The fraction of sp³-hybridized carbons (Fsp3) is 0.385. The van der Waals surface area contributed by atoms with Crippen molar-refractivity contribution in [1.82, 2.24) is 4.57 Å². The van der Waals surface area contributed by atoms with Crippen LogP contribution in [0.15, 0.2) is 30.5 Å². The van der Waals surface area contributed by atoms with Crippen LogP contribution in [0.4, 0.5) is 4.39 Å². The van der Waals surface area contributed by atoms with Gasteiger partial charge in [0.15, 0.2) is 0 Å². The predicted octanol–water partition coefficient (Wildman–Crippen LogP) is 3.40. The average molecular weight is 221 g/mol. The van der Waals surface area contributed by atoms with Gasteiger partial charge in [-0.1, -0.05) is 0 Å². The molecule has 0 aliphatic carbocycles. The molecule has 0 saturated carbocycles. The van der Waals surface area contributed by atoms with Gasteiger partial charge in [-0.2, -0.15) is 0 Å². The Hall–Kier alpha value is -1.51. The number of rotatable bonds is 4. The lowest BCUT2D eigenvalue weighted by atomic mass is 10.2. The molecule has 0 aliphatic rings. The van der Waals surface area contributed by atoms with E-state index in [9.17, 15) is 4.39 Å². The van der Waals surface area contributed by atoms with E-state index in [1.807, 2.05) is 48.9 Å². The van der Waals surface area contributed by atoms with Crippen LogP contribution in [0.5, 0.6) is 5.75 Å². The molecule has 2 rings (SSSR count). The van der Waals surface area contributed by atoms with Crippen LogP contribution in [-0.2, 0) is 6.54 Å². The Balaban J connectivity index is 2.33. The van der Waals surface area contributed by atoms with Gasteiger partial charge in [0.2, 0.25) is 0 Å². The van der Waals surface area contributed by atoms with Crippen LogP contribution in [0.1, 0.15) is 13.8 Å². The molecule has 0 bridgehead atoms. The number of alkyl halides is 1. The van der Waals surface area contributed by atoms with Gasteiger partial charge in [-0.05, 0) is 38.1 Å². The molecule has 0 saturated heterocycles. The lowest BCUT2D eigenvalue weighted by Crippen LogP contribution is -2.05. The van der Waals surface area contributed by atoms with E-state index in [1.54, 1.807) is 0 Å². The fourth-order valence-corrected chi connectivity index (χ4v) is 1.81. The highest BCUT2D eigenvalue weighted by molar-refractivity contribution is 5.81. The number of halogens is 1. The number of aromatic nitrogens is 1. The monoisotopic (exact) mass is 221 g/mol. The maximum atomic E-state index is 12.3. The third-order valence-corrected chi connectivity index (χ3v) is 2.44. The molecule has 0 fully saturated rings. The van der Waals surface area contributed by atoms with Crippen LogP contribution in [-0.4, -0.2) is 17.3 Å². The molecule has 0 radical (unpaired) electrons. The molecule has 0 unspecified atom stereocenters. The van der Waals surface area contributed by atoms with Gasteiger partial charge < -0.3 is 9.30 Å². The number of hydrogen-bond donors (Lipinski definition) is 0. The number of benzene rings is 1. The molecule has 1 aromatic heterocycles. The molecule has 1 aromatic carbocycles. The van der Waals surface area contributed by atoms with Crippen LogP contribution in [0.3, 0.4) is 0 Å². The maximum absolute atomic E-state index is 12.3. The molecule has 2 nitrogen and oxygen atoms in total. The van der Waals surface area contributed by atoms with Crippen LogP contribution in [0.2, 0.25) is 0 Å². The van der Waals surface area contributed by atoms with Gasteiger partial charge in [-0.25, -0.2) is 4.39 Å². The van der Waals surface area contributed by atoms with Crippen molar-refractivity contribution in [3.05, 3.63) is 30.5 Å². The standard InChI is InChI=1S/C13H16FNO/c1-10(2)16-12-3-4-13-11(9-12)5-7-15(13)8-6-14/h3-5,7,9-10H,6,8H2,1-2H3. The van der Waals surface area contributed by atoms with Crippen LogP contribution in [0.25, 0.3) is 10.9 Å². The highest BCUT2D eigenvalue weighted by Gasteiger charge is 2.03. The Morgan fingerprint density at radius 2 is 2.12 bits per heavy atom. The molecule has 0 amide bonds. The first-order chi connectivity index (χ1) is 7.70. The lowest BCUT2D eigenvalue weighted by Gasteiger charge is -2.09.